The first kappa shape index (κ1) is 24.4. The van der Waals surface area contributed by atoms with E-state index in [9.17, 15) is 18.0 Å². The smallest absolute Gasteiger partial charge is 0.404 e. The van der Waals surface area contributed by atoms with Gasteiger partial charge in [0.05, 0.1) is 5.69 Å². The van der Waals surface area contributed by atoms with Gasteiger partial charge in [0.1, 0.15) is 5.82 Å². The van der Waals surface area contributed by atoms with Crippen LogP contribution in [0.3, 0.4) is 0 Å². The zero-order chi connectivity index (χ0) is 24.2. The van der Waals surface area contributed by atoms with Gasteiger partial charge in [-0.3, -0.25) is 4.90 Å². The summed E-state index contributed by atoms with van der Waals surface area (Å²) in [7, 11) is 5.27. The average Bonchev–Trinajstić information content (AvgIpc) is 2.75. The van der Waals surface area contributed by atoms with Crippen molar-refractivity contribution in [3.63, 3.8) is 0 Å². The molecular formula is C22H29F3N6O2. The molecule has 1 fully saturated rings. The fourth-order valence-corrected chi connectivity index (χ4v) is 3.85. The standard InChI is InChI=1S/C22H29F3N6O2/c1-14-13-26-20(29-19(14)30(2)3)27-15-9-11-16(12-10-15)28-21(32)31(4)17-7-5-6-8-18(17)33-22(23,24)25/h5-8,13,15-16H,9-12H2,1-4H3,(H,28,32)(H,26,27,29)/t15-,16+. The van der Waals surface area contributed by atoms with Crippen molar-refractivity contribution >= 4 is 23.5 Å². The maximum Gasteiger partial charge on any atom is 0.573 e. The van der Waals surface area contributed by atoms with E-state index in [1.54, 1.807) is 12.3 Å². The molecule has 0 saturated heterocycles. The summed E-state index contributed by atoms with van der Waals surface area (Å²) in [4.78, 5) is 24.7. The number of alkyl halides is 3. The number of anilines is 3. The highest BCUT2D eigenvalue weighted by Crippen LogP contribution is 2.32. The van der Waals surface area contributed by atoms with Gasteiger partial charge < -0.3 is 20.3 Å². The molecule has 0 atom stereocenters. The van der Waals surface area contributed by atoms with E-state index in [0.717, 1.165) is 42.0 Å². The van der Waals surface area contributed by atoms with Crippen LogP contribution in [-0.2, 0) is 0 Å². The van der Waals surface area contributed by atoms with Crippen molar-refractivity contribution in [1.82, 2.24) is 15.3 Å². The lowest BCUT2D eigenvalue weighted by Gasteiger charge is -2.31. The molecule has 2 amide bonds. The van der Waals surface area contributed by atoms with Crippen LogP contribution in [-0.4, -0.2) is 55.6 Å². The minimum absolute atomic E-state index is 0.0379. The molecule has 0 aliphatic heterocycles. The first-order valence-electron chi connectivity index (χ1n) is 10.7. The molecule has 0 radical (unpaired) electrons. The van der Waals surface area contributed by atoms with E-state index in [2.05, 4.69) is 25.3 Å². The number of hydrogen-bond donors (Lipinski definition) is 2. The highest BCUT2D eigenvalue weighted by atomic mass is 19.4. The summed E-state index contributed by atoms with van der Waals surface area (Å²) in [5.74, 6) is 0.995. The number of para-hydroxylation sites is 2. The number of amides is 2. The number of carbonyl (C=O) groups excluding carboxylic acids is 1. The summed E-state index contributed by atoms with van der Waals surface area (Å²) >= 11 is 0. The van der Waals surface area contributed by atoms with Crippen molar-refractivity contribution in [2.24, 2.45) is 0 Å². The van der Waals surface area contributed by atoms with Gasteiger partial charge in [-0.25, -0.2) is 9.78 Å². The molecule has 180 valence electrons. The summed E-state index contributed by atoms with van der Waals surface area (Å²) < 4.78 is 42.1. The molecule has 0 bridgehead atoms. The Labute approximate surface area is 191 Å². The SMILES string of the molecule is Cc1cnc(N[C@H]2CC[C@@H](NC(=O)N(C)c3ccccc3OC(F)(F)F)CC2)nc1N(C)C. The number of nitrogens with zero attached hydrogens (tertiary/aromatic N) is 4. The van der Waals surface area contributed by atoms with E-state index in [-0.39, 0.29) is 17.8 Å². The topological polar surface area (TPSA) is 82.6 Å². The van der Waals surface area contributed by atoms with Crippen molar-refractivity contribution in [2.45, 2.75) is 51.1 Å². The first-order chi connectivity index (χ1) is 15.5. The predicted molar refractivity (Wildman–Crippen MR) is 121 cm³/mol. The van der Waals surface area contributed by atoms with E-state index < -0.39 is 18.1 Å². The van der Waals surface area contributed by atoms with Crippen molar-refractivity contribution < 1.29 is 22.7 Å². The minimum Gasteiger partial charge on any atom is -0.404 e. The number of rotatable bonds is 6. The molecule has 11 heteroatoms. The lowest BCUT2D eigenvalue weighted by Crippen LogP contribution is -2.46. The van der Waals surface area contributed by atoms with Crippen molar-refractivity contribution in [3.05, 3.63) is 36.0 Å². The Morgan fingerprint density at radius 1 is 1.09 bits per heavy atom. The maximum atomic E-state index is 12.7. The summed E-state index contributed by atoms with van der Waals surface area (Å²) in [5, 5.41) is 6.27. The number of carbonyl (C=O) groups is 1. The van der Waals surface area contributed by atoms with E-state index in [4.69, 9.17) is 0 Å². The van der Waals surface area contributed by atoms with Crippen molar-refractivity contribution in [2.75, 3.05) is 36.3 Å². The molecule has 2 aromatic rings. The quantitative estimate of drug-likeness (QED) is 0.660. The third kappa shape index (κ3) is 6.62. The Morgan fingerprint density at radius 2 is 1.73 bits per heavy atom. The number of aromatic nitrogens is 2. The Hall–Kier alpha value is -3.24. The molecule has 8 nitrogen and oxygen atoms in total. The second kappa shape index (κ2) is 10.1. The van der Waals surface area contributed by atoms with Crippen LogP contribution in [0.4, 0.5) is 35.4 Å². The zero-order valence-corrected chi connectivity index (χ0v) is 19.1. The fourth-order valence-electron chi connectivity index (χ4n) is 3.85. The highest BCUT2D eigenvalue weighted by Gasteiger charge is 2.33. The number of ether oxygens (including phenoxy) is 1. The predicted octanol–water partition coefficient (Wildman–Crippen LogP) is 4.32. The number of halogens is 3. The van der Waals surface area contributed by atoms with E-state index in [0.29, 0.717) is 5.95 Å². The van der Waals surface area contributed by atoms with Gasteiger partial charge in [0.2, 0.25) is 5.95 Å². The van der Waals surface area contributed by atoms with Gasteiger partial charge in [-0.15, -0.1) is 13.2 Å². The summed E-state index contributed by atoms with van der Waals surface area (Å²) in [6.45, 7) is 1.96. The molecule has 0 spiro atoms. The number of urea groups is 1. The van der Waals surface area contributed by atoms with Crippen LogP contribution < -0.4 is 25.2 Å². The lowest BCUT2D eigenvalue weighted by molar-refractivity contribution is -0.274. The Kier molecular flexibility index (Phi) is 7.50. The van der Waals surface area contributed by atoms with Crippen LogP contribution in [0.15, 0.2) is 30.5 Å². The Balaban J connectivity index is 1.54. The van der Waals surface area contributed by atoms with Crippen LogP contribution in [0.25, 0.3) is 0 Å². The van der Waals surface area contributed by atoms with Gasteiger partial charge >= 0.3 is 12.4 Å². The van der Waals surface area contributed by atoms with Gasteiger partial charge in [0, 0.05) is 45.0 Å². The number of nitrogens with one attached hydrogen (secondary N) is 2. The maximum absolute atomic E-state index is 12.7. The third-order valence-electron chi connectivity index (χ3n) is 5.51. The molecule has 3 rings (SSSR count). The minimum atomic E-state index is -4.84. The largest absolute Gasteiger partial charge is 0.573 e. The van der Waals surface area contributed by atoms with E-state index >= 15 is 0 Å². The molecule has 1 aliphatic rings. The second-order valence-electron chi connectivity index (χ2n) is 8.31. The normalized spacial score (nSPS) is 18.4. The van der Waals surface area contributed by atoms with Crippen LogP contribution in [0.5, 0.6) is 5.75 Å². The van der Waals surface area contributed by atoms with Crippen LogP contribution >= 0.6 is 0 Å². The lowest BCUT2D eigenvalue weighted by atomic mass is 9.91. The second-order valence-corrected chi connectivity index (χ2v) is 8.31. The van der Waals surface area contributed by atoms with Gasteiger partial charge in [0.15, 0.2) is 5.75 Å². The number of hydrogen-bond acceptors (Lipinski definition) is 6. The molecule has 1 heterocycles. The molecule has 1 aromatic carbocycles. The van der Waals surface area contributed by atoms with Gasteiger partial charge in [-0.1, -0.05) is 12.1 Å². The highest BCUT2D eigenvalue weighted by molar-refractivity contribution is 5.93. The fraction of sp³-hybridized carbons (Fsp3) is 0.500. The molecular weight excluding hydrogens is 437 g/mol. The van der Waals surface area contributed by atoms with Crippen LogP contribution in [0.2, 0.25) is 0 Å². The van der Waals surface area contributed by atoms with Gasteiger partial charge in [-0.05, 0) is 44.7 Å². The number of benzene rings is 1. The van der Waals surface area contributed by atoms with E-state index in [1.807, 2.05) is 25.9 Å². The van der Waals surface area contributed by atoms with Crippen LogP contribution in [0, 0.1) is 6.92 Å². The average molecular weight is 467 g/mol. The zero-order valence-electron chi connectivity index (χ0n) is 19.1. The third-order valence-corrected chi connectivity index (χ3v) is 5.51. The van der Waals surface area contributed by atoms with Gasteiger partial charge in [-0.2, -0.15) is 4.98 Å². The number of aryl methyl sites for hydroxylation is 1. The molecule has 2 N–H and O–H groups in total. The molecule has 33 heavy (non-hydrogen) atoms. The van der Waals surface area contributed by atoms with Crippen molar-refractivity contribution in [1.29, 1.82) is 0 Å². The summed E-state index contributed by atoms with van der Waals surface area (Å²) in [6, 6.07) is 5.17. The van der Waals surface area contributed by atoms with Crippen molar-refractivity contribution in [3.8, 4) is 5.75 Å². The molecule has 1 saturated carbocycles. The Morgan fingerprint density at radius 3 is 2.36 bits per heavy atom. The monoisotopic (exact) mass is 466 g/mol. The van der Waals surface area contributed by atoms with Gasteiger partial charge in [0.25, 0.3) is 0 Å². The van der Waals surface area contributed by atoms with Crippen LogP contribution in [0.1, 0.15) is 31.2 Å². The first-order valence-corrected chi connectivity index (χ1v) is 10.7. The summed E-state index contributed by atoms with van der Waals surface area (Å²) in [6.07, 6.45) is 0.00257. The van der Waals surface area contributed by atoms with E-state index in [1.165, 1.54) is 25.2 Å². The Bertz CT molecular complexity index is 961. The molecule has 0 unspecified atom stereocenters. The summed E-state index contributed by atoms with van der Waals surface area (Å²) in [5.41, 5.74) is 1.03. The molecule has 1 aromatic heterocycles. The molecule has 1 aliphatic carbocycles.